The van der Waals surface area contributed by atoms with E-state index in [0.29, 0.717) is 0 Å². The molecule has 0 aromatic rings. The first kappa shape index (κ1) is 9.24. The van der Waals surface area contributed by atoms with Gasteiger partial charge in [0.15, 0.2) is 0 Å². The lowest BCUT2D eigenvalue weighted by molar-refractivity contribution is 0.0840. The Hall–Kier alpha value is 0. The Morgan fingerprint density at radius 3 is 2.50 bits per heavy atom. The summed E-state index contributed by atoms with van der Waals surface area (Å²) >= 11 is 0. The molecule has 0 aromatic heterocycles. The van der Waals surface area contributed by atoms with Gasteiger partial charge in [0, 0.05) is 0 Å². The van der Waals surface area contributed by atoms with Crippen molar-refractivity contribution < 1.29 is 0 Å². The maximum atomic E-state index is 2.59. The van der Waals surface area contributed by atoms with Crippen LogP contribution in [0, 0.1) is 28.6 Å². The molecule has 0 heterocycles. The van der Waals surface area contributed by atoms with Gasteiger partial charge in [0.05, 0.1) is 0 Å². The van der Waals surface area contributed by atoms with Crippen LogP contribution in [0.15, 0.2) is 0 Å². The molecule has 3 fully saturated rings. The van der Waals surface area contributed by atoms with Crippen molar-refractivity contribution in [3.05, 3.63) is 0 Å². The molecule has 3 aliphatic rings. The average molecular weight is 192 g/mol. The number of fused-ring (bicyclic) bond motifs is 5. The zero-order valence-corrected chi connectivity index (χ0v) is 9.97. The van der Waals surface area contributed by atoms with Gasteiger partial charge < -0.3 is 0 Å². The number of hydrogen-bond donors (Lipinski definition) is 0. The quantitative estimate of drug-likeness (QED) is 0.582. The molecule has 0 nitrogen and oxygen atoms in total. The van der Waals surface area contributed by atoms with Gasteiger partial charge in [0.1, 0.15) is 0 Å². The molecular weight excluding hydrogens is 168 g/mol. The van der Waals surface area contributed by atoms with Crippen LogP contribution < -0.4 is 0 Å². The minimum atomic E-state index is 0.755. The van der Waals surface area contributed by atoms with Crippen LogP contribution in [0.3, 0.4) is 0 Å². The Morgan fingerprint density at radius 2 is 1.79 bits per heavy atom. The Labute approximate surface area is 88.5 Å². The molecule has 0 spiro atoms. The Balaban J connectivity index is 2.01. The third-order valence-corrected chi connectivity index (χ3v) is 6.19. The van der Waals surface area contributed by atoms with E-state index in [4.69, 9.17) is 0 Å². The fraction of sp³-hybridized carbons (Fsp3) is 1.00. The second kappa shape index (κ2) is 2.57. The summed E-state index contributed by atoms with van der Waals surface area (Å²) in [7, 11) is 0. The lowest BCUT2D eigenvalue weighted by Crippen LogP contribution is -2.33. The number of hydrogen-bond acceptors (Lipinski definition) is 0. The van der Waals surface area contributed by atoms with E-state index < -0.39 is 0 Å². The van der Waals surface area contributed by atoms with Crippen LogP contribution >= 0.6 is 0 Å². The fourth-order valence-corrected chi connectivity index (χ4v) is 5.48. The van der Waals surface area contributed by atoms with E-state index in [9.17, 15) is 0 Å². The molecule has 80 valence electrons. The smallest absolute Gasteiger partial charge is 0.0238 e. The fourth-order valence-electron chi connectivity index (χ4n) is 5.48. The van der Waals surface area contributed by atoms with Gasteiger partial charge in [0.2, 0.25) is 0 Å². The molecule has 4 atom stereocenters. The molecule has 0 aliphatic heterocycles. The van der Waals surface area contributed by atoms with Gasteiger partial charge >= 0.3 is 0 Å². The standard InChI is InChI=1S/C14H24/c1-10(2)14-8-7-13(3,9-14)11-5-4-6-12(11)14/h10-12H,4-9H2,1-3H3. The Kier molecular flexibility index (Phi) is 1.70. The van der Waals surface area contributed by atoms with Gasteiger partial charge in [-0.05, 0) is 60.7 Å². The summed E-state index contributed by atoms with van der Waals surface area (Å²) < 4.78 is 0. The summed E-state index contributed by atoms with van der Waals surface area (Å²) in [5.74, 6) is 3.15. The highest BCUT2D eigenvalue weighted by Crippen LogP contribution is 2.73. The zero-order chi connectivity index (χ0) is 9.97. The molecule has 3 saturated carbocycles. The van der Waals surface area contributed by atoms with E-state index in [1.54, 1.807) is 25.7 Å². The highest BCUT2D eigenvalue weighted by molar-refractivity contribution is 5.14. The molecule has 3 rings (SSSR count). The lowest BCUT2D eigenvalue weighted by Gasteiger charge is -2.40. The van der Waals surface area contributed by atoms with E-state index in [1.807, 2.05) is 0 Å². The largest absolute Gasteiger partial charge is 0.0622 e. The van der Waals surface area contributed by atoms with E-state index in [0.717, 1.165) is 28.6 Å². The molecule has 3 aliphatic carbocycles. The van der Waals surface area contributed by atoms with Crippen LogP contribution in [-0.2, 0) is 0 Å². The summed E-state index contributed by atoms with van der Waals surface area (Å²) in [4.78, 5) is 0. The van der Waals surface area contributed by atoms with Crippen LogP contribution in [0.25, 0.3) is 0 Å². The van der Waals surface area contributed by atoms with E-state index >= 15 is 0 Å². The lowest BCUT2D eigenvalue weighted by atomic mass is 9.64. The van der Waals surface area contributed by atoms with E-state index in [-0.39, 0.29) is 0 Å². The van der Waals surface area contributed by atoms with Gasteiger partial charge in [0.25, 0.3) is 0 Å². The van der Waals surface area contributed by atoms with Crippen molar-refractivity contribution in [1.29, 1.82) is 0 Å². The maximum Gasteiger partial charge on any atom is -0.0238 e. The molecule has 0 amide bonds. The zero-order valence-electron chi connectivity index (χ0n) is 9.97. The predicted octanol–water partition coefficient (Wildman–Crippen LogP) is 4.25. The maximum absolute atomic E-state index is 2.59. The Bertz CT molecular complexity index is 255. The van der Waals surface area contributed by atoms with Crippen molar-refractivity contribution in [1.82, 2.24) is 0 Å². The highest BCUT2D eigenvalue weighted by atomic mass is 14.7. The monoisotopic (exact) mass is 192 g/mol. The predicted molar refractivity (Wildman–Crippen MR) is 60.1 cm³/mol. The van der Waals surface area contributed by atoms with Gasteiger partial charge in [-0.1, -0.05) is 27.2 Å². The molecule has 2 bridgehead atoms. The van der Waals surface area contributed by atoms with Gasteiger partial charge in [-0.3, -0.25) is 0 Å². The summed E-state index contributed by atoms with van der Waals surface area (Å²) in [5, 5.41) is 0. The topological polar surface area (TPSA) is 0 Å². The third kappa shape index (κ3) is 0.864. The molecule has 0 saturated heterocycles. The third-order valence-electron chi connectivity index (χ3n) is 6.19. The van der Waals surface area contributed by atoms with E-state index in [2.05, 4.69) is 20.8 Å². The molecular formula is C14H24. The summed E-state index contributed by atoms with van der Waals surface area (Å²) in [6.07, 6.45) is 9.27. The second-order valence-corrected chi connectivity index (χ2v) is 6.86. The molecule has 0 aromatic carbocycles. The highest BCUT2D eigenvalue weighted by Gasteiger charge is 2.64. The van der Waals surface area contributed by atoms with E-state index in [1.165, 1.54) is 12.8 Å². The first-order chi connectivity index (χ1) is 6.58. The van der Waals surface area contributed by atoms with Crippen LogP contribution in [0.2, 0.25) is 0 Å². The van der Waals surface area contributed by atoms with Crippen LogP contribution in [0.1, 0.15) is 59.3 Å². The minimum Gasteiger partial charge on any atom is -0.0622 e. The van der Waals surface area contributed by atoms with Crippen LogP contribution in [0.4, 0.5) is 0 Å². The second-order valence-electron chi connectivity index (χ2n) is 6.86. The summed E-state index contributed by atoms with van der Waals surface area (Å²) in [6, 6.07) is 0. The summed E-state index contributed by atoms with van der Waals surface area (Å²) in [5.41, 5.74) is 1.53. The first-order valence-corrected chi connectivity index (χ1v) is 6.58. The molecule has 14 heavy (non-hydrogen) atoms. The molecule has 4 unspecified atom stereocenters. The number of rotatable bonds is 1. The normalized spacial score (nSPS) is 55.7. The van der Waals surface area contributed by atoms with Crippen LogP contribution in [0.5, 0.6) is 0 Å². The minimum absolute atomic E-state index is 0.755. The van der Waals surface area contributed by atoms with Gasteiger partial charge in [-0.25, -0.2) is 0 Å². The molecule has 0 N–H and O–H groups in total. The van der Waals surface area contributed by atoms with Crippen molar-refractivity contribution in [2.45, 2.75) is 59.3 Å². The van der Waals surface area contributed by atoms with Crippen molar-refractivity contribution >= 4 is 0 Å². The first-order valence-electron chi connectivity index (χ1n) is 6.58. The van der Waals surface area contributed by atoms with Gasteiger partial charge in [-0.15, -0.1) is 0 Å². The average Bonchev–Trinajstić information content (AvgIpc) is 2.71. The SMILES string of the molecule is CC(C)C12CCC(C)(C1)C1CCCC12. The Morgan fingerprint density at radius 1 is 1.07 bits per heavy atom. The summed E-state index contributed by atoms with van der Waals surface area (Å²) in [6.45, 7) is 7.55. The van der Waals surface area contributed by atoms with Crippen LogP contribution in [-0.4, -0.2) is 0 Å². The molecule has 0 radical (unpaired) electrons. The molecule has 0 heteroatoms. The van der Waals surface area contributed by atoms with Gasteiger partial charge in [-0.2, -0.15) is 0 Å². The van der Waals surface area contributed by atoms with Crippen molar-refractivity contribution in [2.24, 2.45) is 28.6 Å². The van der Waals surface area contributed by atoms with Crippen molar-refractivity contribution in [3.63, 3.8) is 0 Å². The van der Waals surface area contributed by atoms with Crippen molar-refractivity contribution in [2.75, 3.05) is 0 Å². The van der Waals surface area contributed by atoms with Crippen molar-refractivity contribution in [3.8, 4) is 0 Å².